The highest BCUT2D eigenvalue weighted by Gasteiger charge is 2.07. The van der Waals surface area contributed by atoms with Crippen LogP contribution in [0.2, 0.25) is 0 Å². The van der Waals surface area contributed by atoms with E-state index in [0.29, 0.717) is 5.41 Å². The van der Waals surface area contributed by atoms with Gasteiger partial charge in [0, 0.05) is 1.43 Å². The molecule has 0 radical (unpaired) electrons. The van der Waals surface area contributed by atoms with Gasteiger partial charge in [-0.1, -0.05) is 54.4 Å². The molecule has 0 rings (SSSR count). The maximum Gasteiger partial charge on any atom is 0 e. The van der Waals surface area contributed by atoms with Crippen molar-refractivity contribution in [2.24, 2.45) is 5.41 Å². The van der Waals surface area contributed by atoms with Crippen LogP contribution in [-0.4, -0.2) is 13.1 Å². The molecular formula is C12H31N. The first-order valence-corrected chi connectivity index (χ1v) is 5.77. The quantitative estimate of drug-likeness (QED) is 0.642. The molecule has 0 aliphatic carbocycles. The van der Waals surface area contributed by atoms with Crippen LogP contribution in [0.1, 0.15) is 62.2 Å². The molecule has 0 fully saturated rings. The van der Waals surface area contributed by atoms with Crippen LogP contribution in [0.3, 0.4) is 0 Å². The van der Waals surface area contributed by atoms with E-state index >= 15 is 0 Å². The van der Waals surface area contributed by atoms with Gasteiger partial charge in [0.15, 0.2) is 0 Å². The van der Waals surface area contributed by atoms with E-state index in [0.717, 1.165) is 6.54 Å². The Morgan fingerprint density at radius 3 is 2.00 bits per heavy atom. The summed E-state index contributed by atoms with van der Waals surface area (Å²) in [7, 11) is 0. The molecule has 13 heavy (non-hydrogen) atoms. The number of unbranched alkanes of at least 4 members (excludes halogenated alkanes) is 2. The molecular weight excluding hydrogens is 158 g/mol. The Hall–Kier alpha value is -0.0400. The molecule has 1 N–H and O–H groups in total. The summed E-state index contributed by atoms with van der Waals surface area (Å²) < 4.78 is 0. The van der Waals surface area contributed by atoms with E-state index in [9.17, 15) is 0 Å². The Morgan fingerprint density at radius 1 is 1.08 bits per heavy atom. The third-order valence-electron chi connectivity index (χ3n) is 1.61. The molecule has 0 amide bonds. The van der Waals surface area contributed by atoms with Crippen molar-refractivity contribution >= 4 is 0 Å². The van der Waals surface area contributed by atoms with Crippen LogP contribution in [0.4, 0.5) is 0 Å². The minimum absolute atomic E-state index is 0. The Bertz CT molecular complexity index is 86.8. The Balaban J connectivity index is -0.000000376. The fourth-order valence-corrected chi connectivity index (χ4v) is 0.963. The zero-order chi connectivity index (χ0) is 10.7. The van der Waals surface area contributed by atoms with Crippen molar-refractivity contribution in [1.29, 1.82) is 0 Å². The third kappa shape index (κ3) is 18.7. The van der Waals surface area contributed by atoms with Crippen LogP contribution in [0.15, 0.2) is 0 Å². The van der Waals surface area contributed by atoms with E-state index < -0.39 is 0 Å². The minimum Gasteiger partial charge on any atom is -0.316 e. The van der Waals surface area contributed by atoms with Gasteiger partial charge in [-0.3, -0.25) is 0 Å². The number of hydrogen-bond donors (Lipinski definition) is 1. The van der Waals surface area contributed by atoms with Crippen molar-refractivity contribution in [3.63, 3.8) is 0 Å². The van der Waals surface area contributed by atoms with Crippen molar-refractivity contribution in [1.82, 2.24) is 5.32 Å². The molecule has 0 saturated heterocycles. The van der Waals surface area contributed by atoms with Crippen LogP contribution in [0, 0.1) is 5.41 Å². The summed E-state index contributed by atoms with van der Waals surface area (Å²) in [5.74, 6) is 0. The molecule has 0 aromatic heterocycles. The second-order valence-corrected chi connectivity index (χ2v) is 4.44. The van der Waals surface area contributed by atoms with Crippen molar-refractivity contribution in [3.05, 3.63) is 0 Å². The monoisotopic (exact) mass is 189 g/mol. The van der Waals surface area contributed by atoms with Crippen LogP contribution >= 0.6 is 0 Å². The lowest BCUT2D eigenvalue weighted by Gasteiger charge is -2.18. The lowest BCUT2D eigenvalue weighted by molar-refractivity contribution is 0.378. The topological polar surface area (TPSA) is 12.0 Å². The molecule has 1 heteroatoms. The number of rotatable bonds is 5. The Labute approximate surface area is 86.8 Å². The second kappa shape index (κ2) is 10.0. The van der Waals surface area contributed by atoms with Crippen LogP contribution in [0.25, 0.3) is 0 Å². The van der Waals surface area contributed by atoms with E-state index in [4.69, 9.17) is 0 Å². The summed E-state index contributed by atoms with van der Waals surface area (Å²) in [6.45, 7) is 15.4. The summed E-state index contributed by atoms with van der Waals surface area (Å²) in [5.41, 5.74) is 0.437. The summed E-state index contributed by atoms with van der Waals surface area (Å²) in [4.78, 5) is 0. The Kier molecular flexibility index (Phi) is 11.9. The van der Waals surface area contributed by atoms with Gasteiger partial charge in [-0.15, -0.1) is 0 Å². The van der Waals surface area contributed by atoms with Gasteiger partial charge in [0.1, 0.15) is 0 Å². The summed E-state index contributed by atoms with van der Waals surface area (Å²) in [5, 5.41) is 3.46. The molecule has 0 aromatic carbocycles. The van der Waals surface area contributed by atoms with Gasteiger partial charge in [0.2, 0.25) is 0 Å². The van der Waals surface area contributed by atoms with Crippen LogP contribution in [-0.2, 0) is 0 Å². The van der Waals surface area contributed by atoms with Crippen molar-refractivity contribution in [3.8, 4) is 0 Å². The van der Waals surface area contributed by atoms with Crippen molar-refractivity contribution in [2.45, 2.75) is 60.8 Å². The molecule has 0 unspecified atom stereocenters. The minimum atomic E-state index is 0. The first-order valence-electron chi connectivity index (χ1n) is 5.77. The fourth-order valence-electron chi connectivity index (χ4n) is 0.963. The largest absolute Gasteiger partial charge is 0.316 e. The molecule has 0 heterocycles. The summed E-state index contributed by atoms with van der Waals surface area (Å²) >= 11 is 0. The average molecular weight is 189 g/mol. The van der Waals surface area contributed by atoms with Crippen molar-refractivity contribution < 1.29 is 1.43 Å². The fraction of sp³-hybridized carbons (Fsp3) is 1.00. The van der Waals surface area contributed by atoms with Gasteiger partial charge in [0.05, 0.1) is 0 Å². The number of hydrogen-bond acceptors (Lipinski definition) is 1. The lowest BCUT2D eigenvalue weighted by Crippen LogP contribution is -2.27. The SMILES string of the molecule is CC.CCCCCNCC(C)(C)C.[HH]. The molecule has 0 bridgehead atoms. The van der Waals surface area contributed by atoms with Gasteiger partial charge in [0.25, 0.3) is 0 Å². The molecule has 0 saturated carbocycles. The van der Waals surface area contributed by atoms with E-state index in [-0.39, 0.29) is 1.43 Å². The highest BCUT2D eigenvalue weighted by atomic mass is 14.9. The molecule has 1 nitrogen and oxygen atoms in total. The maximum absolute atomic E-state index is 3.46. The molecule has 0 aromatic rings. The molecule has 0 aliphatic rings. The summed E-state index contributed by atoms with van der Waals surface area (Å²) in [6, 6.07) is 0. The highest BCUT2D eigenvalue weighted by molar-refractivity contribution is 4.64. The highest BCUT2D eigenvalue weighted by Crippen LogP contribution is 2.10. The molecule has 0 atom stereocenters. The van der Waals surface area contributed by atoms with Gasteiger partial charge in [-0.2, -0.15) is 0 Å². The van der Waals surface area contributed by atoms with Gasteiger partial charge in [-0.05, 0) is 24.9 Å². The first kappa shape index (κ1) is 15.4. The smallest absolute Gasteiger partial charge is 0 e. The Morgan fingerprint density at radius 2 is 1.62 bits per heavy atom. The van der Waals surface area contributed by atoms with Gasteiger partial charge in [-0.25, -0.2) is 0 Å². The van der Waals surface area contributed by atoms with E-state index in [2.05, 4.69) is 33.0 Å². The maximum atomic E-state index is 3.46. The second-order valence-electron chi connectivity index (χ2n) is 4.44. The normalized spacial score (nSPS) is 10.6. The van der Waals surface area contributed by atoms with Gasteiger partial charge >= 0.3 is 0 Å². The predicted octanol–water partition coefficient (Wildman–Crippen LogP) is 4.08. The van der Waals surface area contributed by atoms with E-state index in [1.165, 1.54) is 25.8 Å². The average Bonchev–Trinajstić information content (AvgIpc) is 2.06. The van der Waals surface area contributed by atoms with Crippen LogP contribution < -0.4 is 5.32 Å². The predicted molar refractivity (Wildman–Crippen MR) is 65.3 cm³/mol. The molecule has 84 valence electrons. The molecule has 0 aliphatic heterocycles. The molecule has 0 spiro atoms. The first-order chi connectivity index (χ1) is 6.06. The zero-order valence-electron chi connectivity index (χ0n) is 10.5. The summed E-state index contributed by atoms with van der Waals surface area (Å²) in [6.07, 6.45) is 4.00. The van der Waals surface area contributed by atoms with Gasteiger partial charge < -0.3 is 5.32 Å². The standard InChI is InChI=1S/C10H23N.C2H6.H2/c1-5-6-7-8-11-9-10(2,3)4;1-2;/h11H,5-9H2,1-4H3;1-2H3;1H. The van der Waals surface area contributed by atoms with E-state index in [1.54, 1.807) is 0 Å². The van der Waals surface area contributed by atoms with Crippen LogP contribution in [0.5, 0.6) is 0 Å². The third-order valence-corrected chi connectivity index (χ3v) is 1.61. The number of nitrogens with one attached hydrogen (secondary N) is 1. The lowest BCUT2D eigenvalue weighted by atomic mass is 9.97. The van der Waals surface area contributed by atoms with Crippen molar-refractivity contribution in [2.75, 3.05) is 13.1 Å². The zero-order valence-corrected chi connectivity index (χ0v) is 10.5. The van der Waals surface area contributed by atoms with E-state index in [1.807, 2.05) is 13.8 Å².